The Hall–Kier alpha value is -1.61. The van der Waals surface area contributed by atoms with E-state index in [1.165, 1.54) is 11.1 Å². The highest BCUT2D eigenvalue weighted by Gasteiger charge is 2.50. The third-order valence-electron chi connectivity index (χ3n) is 7.16. The lowest BCUT2D eigenvalue weighted by atomic mass is 9.55. The first-order valence-corrected chi connectivity index (χ1v) is 12.0. The highest BCUT2D eigenvalue weighted by molar-refractivity contribution is 6.31. The van der Waals surface area contributed by atoms with Crippen molar-refractivity contribution in [3.05, 3.63) is 46.1 Å². The van der Waals surface area contributed by atoms with E-state index in [1.54, 1.807) is 11.8 Å². The van der Waals surface area contributed by atoms with E-state index in [-0.39, 0.29) is 27.9 Å². The number of aryl methyl sites for hydroxylation is 1. The van der Waals surface area contributed by atoms with Crippen molar-refractivity contribution in [2.24, 2.45) is 10.8 Å². The molecular formula is C27H38ClNO2. The summed E-state index contributed by atoms with van der Waals surface area (Å²) in [6, 6.07) is 6.49. The van der Waals surface area contributed by atoms with Crippen LogP contribution < -0.4 is 0 Å². The van der Waals surface area contributed by atoms with E-state index < -0.39 is 0 Å². The lowest BCUT2D eigenvalue weighted by molar-refractivity contribution is -0.131. The lowest BCUT2D eigenvalue weighted by Crippen LogP contribution is -2.48. The molecule has 0 radical (unpaired) electrons. The summed E-state index contributed by atoms with van der Waals surface area (Å²) in [6.45, 7) is 13.4. The van der Waals surface area contributed by atoms with Gasteiger partial charge < -0.3 is 4.90 Å². The molecule has 0 bridgehead atoms. The van der Waals surface area contributed by atoms with Crippen molar-refractivity contribution in [2.45, 2.75) is 91.9 Å². The Kier molecular flexibility index (Phi) is 6.77. The maximum Gasteiger partial charge on any atom is 0.227 e. The molecule has 1 heterocycles. The van der Waals surface area contributed by atoms with Crippen molar-refractivity contribution < 1.29 is 9.59 Å². The van der Waals surface area contributed by atoms with Gasteiger partial charge in [0.25, 0.3) is 0 Å². The molecular weight excluding hydrogens is 406 g/mol. The first-order valence-electron chi connectivity index (χ1n) is 11.6. The topological polar surface area (TPSA) is 37.4 Å². The predicted octanol–water partition coefficient (Wildman–Crippen LogP) is 6.86. The maximum absolute atomic E-state index is 13.2. The smallest absolute Gasteiger partial charge is 0.227 e. The standard InChI is InChI=1S/C27H38ClNO2/c1-19(30)11-15-29-18-23-26(5,6)12-7-13-27(23,17-24(29)31)21-9-8-20(22(28)16-21)10-14-25(2,3)4/h8-9,16,18H,7,10-15,17H2,1-6H3/t27-/m1/s1. The SMILES string of the molecule is CC(=O)CCN1C=C2C(C)(C)CCC[C@]2(c2ccc(CCC(C)(C)C)c(Cl)c2)CC1=O. The molecule has 1 aromatic carbocycles. The van der Waals surface area contributed by atoms with Crippen LogP contribution in [0.1, 0.15) is 91.2 Å². The van der Waals surface area contributed by atoms with Gasteiger partial charge in [0.2, 0.25) is 5.91 Å². The molecule has 0 aromatic heterocycles. The minimum Gasteiger partial charge on any atom is -0.319 e. The molecule has 31 heavy (non-hydrogen) atoms. The molecule has 1 atom stereocenters. The quantitative estimate of drug-likeness (QED) is 0.481. The first kappa shape index (κ1) is 24.0. The fourth-order valence-corrected chi connectivity index (χ4v) is 5.52. The maximum atomic E-state index is 13.2. The van der Waals surface area contributed by atoms with E-state index in [1.807, 2.05) is 0 Å². The molecule has 3 nitrogen and oxygen atoms in total. The van der Waals surface area contributed by atoms with Crippen molar-refractivity contribution in [3.63, 3.8) is 0 Å². The van der Waals surface area contributed by atoms with Crippen molar-refractivity contribution >= 4 is 23.3 Å². The van der Waals surface area contributed by atoms with Crippen LogP contribution in [-0.2, 0) is 21.4 Å². The van der Waals surface area contributed by atoms with E-state index in [2.05, 4.69) is 59.0 Å². The number of allylic oxidation sites excluding steroid dienone is 1. The summed E-state index contributed by atoms with van der Waals surface area (Å²) in [7, 11) is 0. The minimum atomic E-state index is -0.294. The first-order chi connectivity index (χ1) is 14.3. The summed E-state index contributed by atoms with van der Waals surface area (Å²) < 4.78 is 0. The number of nitrogens with zero attached hydrogens (tertiary/aromatic N) is 1. The number of hydrogen-bond donors (Lipinski definition) is 0. The van der Waals surface area contributed by atoms with Crippen LogP contribution in [-0.4, -0.2) is 23.1 Å². The third-order valence-corrected chi connectivity index (χ3v) is 7.51. The van der Waals surface area contributed by atoms with Crippen molar-refractivity contribution in [1.82, 2.24) is 4.90 Å². The van der Waals surface area contributed by atoms with Crippen LogP contribution in [0.5, 0.6) is 0 Å². The fraction of sp³-hybridized carbons (Fsp3) is 0.630. The Labute approximate surface area is 193 Å². The van der Waals surface area contributed by atoms with Gasteiger partial charge in [-0.1, -0.05) is 64.8 Å². The number of halogens is 1. The van der Waals surface area contributed by atoms with Gasteiger partial charge in [-0.3, -0.25) is 9.59 Å². The number of hydrogen-bond acceptors (Lipinski definition) is 2. The zero-order chi connectivity index (χ0) is 23.0. The molecule has 2 aliphatic rings. The summed E-state index contributed by atoms with van der Waals surface area (Å²) in [5.41, 5.74) is 3.64. The molecule has 1 amide bonds. The number of ketones is 1. The van der Waals surface area contributed by atoms with Crippen LogP contribution in [0.4, 0.5) is 0 Å². The van der Waals surface area contributed by atoms with Gasteiger partial charge in [-0.15, -0.1) is 0 Å². The van der Waals surface area contributed by atoms with Crippen LogP contribution >= 0.6 is 11.6 Å². The number of amides is 1. The summed E-state index contributed by atoms with van der Waals surface area (Å²) in [4.78, 5) is 26.4. The van der Waals surface area contributed by atoms with Gasteiger partial charge in [0.05, 0.1) is 0 Å². The molecule has 3 rings (SSSR count). The van der Waals surface area contributed by atoms with Gasteiger partial charge in [0.1, 0.15) is 5.78 Å². The molecule has 0 spiro atoms. The van der Waals surface area contributed by atoms with Crippen molar-refractivity contribution in [2.75, 3.05) is 6.54 Å². The Morgan fingerprint density at radius 1 is 1.19 bits per heavy atom. The number of carbonyl (C=O) groups is 2. The molecule has 4 heteroatoms. The second kappa shape index (κ2) is 8.73. The molecule has 170 valence electrons. The zero-order valence-electron chi connectivity index (χ0n) is 20.1. The number of fused-ring (bicyclic) bond motifs is 1. The van der Waals surface area contributed by atoms with Crippen LogP contribution in [0.3, 0.4) is 0 Å². The summed E-state index contributed by atoms with van der Waals surface area (Å²) >= 11 is 6.77. The molecule has 0 N–H and O–H groups in total. The van der Waals surface area contributed by atoms with Crippen LogP contribution in [0.15, 0.2) is 30.0 Å². The van der Waals surface area contributed by atoms with E-state index in [0.29, 0.717) is 19.4 Å². The number of rotatable bonds is 6. The van der Waals surface area contributed by atoms with Crippen LogP contribution in [0.2, 0.25) is 5.02 Å². The molecule has 0 saturated heterocycles. The average molecular weight is 444 g/mol. The normalized spacial score (nSPS) is 23.4. The lowest BCUT2D eigenvalue weighted by Gasteiger charge is -2.51. The average Bonchev–Trinajstić information content (AvgIpc) is 2.64. The monoisotopic (exact) mass is 443 g/mol. The summed E-state index contributed by atoms with van der Waals surface area (Å²) in [5.74, 6) is 0.221. The van der Waals surface area contributed by atoms with E-state index in [9.17, 15) is 9.59 Å². The van der Waals surface area contributed by atoms with Gasteiger partial charge in [-0.05, 0) is 66.2 Å². The molecule has 1 aliphatic carbocycles. The third kappa shape index (κ3) is 5.25. The zero-order valence-corrected chi connectivity index (χ0v) is 20.9. The molecule has 1 fully saturated rings. The van der Waals surface area contributed by atoms with Gasteiger partial charge in [-0.2, -0.15) is 0 Å². The summed E-state index contributed by atoms with van der Waals surface area (Å²) in [5, 5.41) is 0.810. The van der Waals surface area contributed by atoms with Gasteiger partial charge in [-0.25, -0.2) is 0 Å². The van der Waals surface area contributed by atoms with Crippen molar-refractivity contribution in [3.8, 4) is 0 Å². The van der Waals surface area contributed by atoms with Gasteiger partial charge in [0, 0.05) is 36.0 Å². The second-order valence-electron chi connectivity index (χ2n) is 11.4. The van der Waals surface area contributed by atoms with Gasteiger partial charge in [0.15, 0.2) is 0 Å². The number of Topliss-reactive ketones (excluding diaryl/α,β-unsaturated/α-hetero) is 1. The molecule has 0 unspecified atom stereocenters. The van der Waals surface area contributed by atoms with E-state index in [4.69, 9.17) is 11.6 Å². The van der Waals surface area contributed by atoms with E-state index >= 15 is 0 Å². The Morgan fingerprint density at radius 2 is 1.90 bits per heavy atom. The predicted molar refractivity (Wildman–Crippen MR) is 128 cm³/mol. The summed E-state index contributed by atoms with van der Waals surface area (Å²) in [6.07, 6.45) is 8.12. The Balaban J connectivity index is 1.99. The highest BCUT2D eigenvalue weighted by Crippen LogP contribution is 2.56. The Bertz CT molecular complexity index is 893. The molecule has 1 aliphatic heterocycles. The minimum absolute atomic E-state index is 0.00477. The number of carbonyl (C=O) groups excluding carboxylic acids is 2. The largest absolute Gasteiger partial charge is 0.319 e. The van der Waals surface area contributed by atoms with Gasteiger partial charge >= 0.3 is 0 Å². The second-order valence-corrected chi connectivity index (χ2v) is 11.9. The highest BCUT2D eigenvalue weighted by atomic mass is 35.5. The van der Waals surface area contributed by atoms with Crippen LogP contribution in [0.25, 0.3) is 0 Å². The Morgan fingerprint density at radius 3 is 2.52 bits per heavy atom. The number of benzene rings is 1. The van der Waals surface area contributed by atoms with Crippen LogP contribution in [0, 0.1) is 10.8 Å². The molecule has 1 saturated carbocycles. The fourth-order valence-electron chi connectivity index (χ4n) is 5.25. The van der Waals surface area contributed by atoms with Crippen molar-refractivity contribution in [1.29, 1.82) is 0 Å². The van der Waals surface area contributed by atoms with E-state index in [0.717, 1.165) is 42.7 Å². The molecule has 1 aromatic rings.